The Morgan fingerprint density at radius 3 is 2.29 bits per heavy atom. The van der Waals surface area contributed by atoms with E-state index >= 15 is 0 Å². The van der Waals surface area contributed by atoms with Gasteiger partial charge >= 0.3 is 6.36 Å². The van der Waals surface area contributed by atoms with Crippen LogP contribution in [-0.4, -0.2) is 18.5 Å². The van der Waals surface area contributed by atoms with Gasteiger partial charge in [0.2, 0.25) is 0 Å². The molecule has 4 rings (SSSR count). The Balaban J connectivity index is 1.45. The van der Waals surface area contributed by atoms with E-state index < -0.39 is 6.36 Å². The Bertz CT molecular complexity index is 1350. The molecule has 178 valence electrons. The summed E-state index contributed by atoms with van der Waals surface area (Å²) in [6.45, 7) is 2.11. The number of halogens is 3. The zero-order valence-corrected chi connectivity index (χ0v) is 18.7. The lowest BCUT2D eigenvalue weighted by Gasteiger charge is -2.12. The van der Waals surface area contributed by atoms with E-state index in [0.29, 0.717) is 16.9 Å². The molecule has 0 saturated carbocycles. The minimum atomic E-state index is -4.73. The molecule has 8 heteroatoms. The maximum Gasteiger partial charge on any atom is 0.573 e. The molecule has 0 aromatic heterocycles. The lowest BCUT2D eigenvalue weighted by molar-refractivity contribution is -0.274. The largest absolute Gasteiger partial charge is 0.573 e. The molecule has 0 radical (unpaired) electrons. The van der Waals surface area contributed by atoms with Gasteiger partial charge in [-0.3, -0.25) is 4.79 Å². The van der Waals surface area contributed by atoms with Gasteiger partial charge in [0, 0.05) is 16.5 Å². The minimum Gasteiger partial charge on any atom is -0.488 e. The van der Waals surface area contributed by atoms with Crippen LogP contribution in [-0.2, 0) is 6.61 Å². The van der Waals surface area contributed by atoms with Crippen molar-refractivity contribution in [2.24, 2.45) is 5.10 Å². The van der Waals surface area contributed by atoms with E-state index in [1.165, 1.54) is 24.3 Å². The summed E-state index contributed by atoms with van der Waals surface area (Å²) < 4.78 is 46.8. The van der Waals surface area contributed by atoms with Gasteiger partial charge in [-0.05, 0) is 54.3 Å². The van der Waals surface area contributed by atoms with Crippen LogP contribution in [0.4, 0.5) is 13.2 Å². The van der Waals surface area contributed by atoms with Crippen LogP contribution in [0.25, 0.3) is 10.8 Å². The van der Waals surface area contributed by atoms with Crippen LogP contribution in [0.15, 0.2) is 90.0 Å². The third-order valence-electron chi connectivity index (χ3n) is 5.15. The fourth-order valence-corrected chi connectivity index (χ4v) is 3.41. The van der Waals surface area contributed by atoms with Gasteiger partial charge in [-0.2, -0.15) is 5.10 Å². The molecule has 1 N–H and O–H groups in total. The summed E-state index contributed by atoms with van der Waals surface area (Å²) in [5.41, 5.74) is 5.58. The van der Waals surface area contributed by atoms with Gasteiger partial charge in [0.05, 0.1) is 6.21 Å². The highest BCUT2D eigenvalue weighted by Crippen LogP contribution is 2.29. The fourth-order valence-electron chi connectivity index (χ4n) is 3.41. The number of hydrogen-bond donors (Lipinski definition) is 1. The Kier molecular flexibility index (Phi) is 7.01. The number of ether oxygens (including phenoxy) is 2. The van der Waals surface area contributed by atoms with Gasteiger partial charge in [-0.25, -0.2) is 5.43 Å². The van der Waals surface area contributed by atoms with E-state index in [1.54, 1.807) is 24.4 Å². The first-order valence-electron chi connectivity index (χ1n) is 10.7. The molecule has 4 aromatic carbocycles. The summed E-state index contributed by atoms with van der Waals surface area (Å²) in [6, 6.07) is 23.9. The second-order valence-electron chi connectivity index (χ2n) is 7.74. The van der Waals surface area contributed by atoms with Gasteiger partial charge in [0.1, 0.15) is 18.1 Å². The molecule has 0 aliphatic carbocycles. The number of nitrogens with zero attached hydrogens (tertiary/aromatic N) is 1. The average molecular weight is 478 g/mol. The zero-order chi connectivity index (χ0) is 24.8. The van der Waals surface area contributed by atoms with E-state index in [0.717, 1.165) is 21.9 Å². The van der Waals surface area contributed by atoms with E-state index in [4.69, 9.17) is 4.74 Å². The summed E-state index contributed by atoms with van der Waals surface area (Å²) in [6.07, 6.45) is -3.16. The number of alkyl halides is 3. The van der Waals surface area contributed by atoms with Crippen molar-refractivity contribution in [1.82, 2.24) is 5.43 Å². The Hall–Kier alpha value is -4.33. The number of fused-ring (bicyclic) bond motifs is 1. The minimum absolute atomic E-state index is 0.163. The third kappa shape index (κ3) is 6.38. The maximum atomic E-state index is 12.3. The van der Waals surface area contributed by atoms with E-state index in [-0.39, 0.29) is 18.3 Å². The number of nitrogens with one attached hydrogen (secondary N) is 1. The molecule has 0 bridgehead atoms. The van der Waals surface area contributed by atoms with Crippen molar-refractivity contribution < 1.29 is 27.4 Å². The molecule has 0 saturated heterocycles. The molecule has 0 unspecified atom stereocenters. The number of rotatable bonds is 7. The van der Waals surface area contributed by atoms with E-state index in [2.05, 4.69) is 15.3 Å². The predicted octanol–water partition coefficient (Wildman–Crippen LogP) is 6.39. The normalized spacial score (nSPS) is 11.5. The smallest absolute Gasteiger partial charge is 0.488 e. The first-order chi connectivity index (χ1) is 16.8. The lowest BCUT2D eigenvalue weighted by atomic mass is 10.0. The van der Waals surface area contributed by atoms with Gasteiger partial charge in [0.25, 0.3) is 5.91 Å². The SMILES string of the molecule is Cc1ccc(C(=O)N/N=C\c2ccc(OCc3ccc(OC(F)(F)F)cc3)c3ccccc23)cc1. The Morgan fingerprint density at radius 1 is 0.914 bits per heavy atom. The molecule has 35 heavy (non-hydrogen) atoms. The molecule has 0 heterocycles. The molecule has 0 spiro atoms. The van der Waals surface area contributed by atoms with Crippen molar-refractivity contribution in [2.45, 2.75) is 19.9 Å². The fraction of sp³-hybridized carbons (Fsp3) is 0.111. The first kappa shape index (κ1) is 23.8. The number of benzene rings is 4. The molecule has 5 nitrogen and oxygen atoms in total. The van der Waals surface area contributed by atoms with Gasteiger partial charge in [0.15, 0.2) is 0 Å². The van der Waals surface area contributed by atoms with Crippen LogP contribution in [0.3, 0.4) is 0 Å². The highest BCUT2D eigenvalue weighted by molar-refractivity contribution is 6.03. The summed E-state index contributed by atoms with van der Waals surface area (Å²) >= 11 is 0. The Morgan fingerprint density at radius 2 is 1.60 bits per heavy atom. The van der Waals surface area contributed by atoms with Crippen molar-refractivity contribution in [3.05, 3.63) is 107 Å². The highest BCUT2D eigenvalue weighted by atomic mass is 19.4. The van der Waals surface area contributed by atoms with Crippen molar-refractivity contribution in [3.8, 4) is 11.5 Å². The summed E-state index contributed by atoms with van der Waals surface area (Å²) in [4.78, 5) is 12.3. The molecular formula is C27H21F3N2O3. The Labute approximate surface area is 199 Å². The first-order valence-corrected chi connectivity index (χ1v) is 10.7. The monoisotopic (exact) mass is 478 g/mol. The summed E-state index contributed by atoms with van der Waals surface area (Å²) in [5.74, 6) is 0.0130. The van der Waals surface area contributed by atoms with Gasteiger partial charge in [-0.1, -0.05) is 54.1 Å². The van der Waals surface area contributed by atoms with Gasteiger partial charge in [-0.15, -0.1) is 13.2 Å². The number of amides is 1. The van der Waals surface area contributed by atoms with Crippen molar-refractivity contribution in [3.63, 3.8) is 0 Å². The quantitative estimate of drug-likeness (QED) is 0.247. The number of hydrogen-bond acceptors (Lipinski definition) is 4. The summed E-state index contributed by atoms with van der Waals surface area (Å²) in [5, 5.41) is 5.79. The van der Waals surface area contributed by atoms with E-state index in [1.807, 2.05) is 49.4 Å². The van der Waals surface area contributed by atoms with Crippen molar-refractivity contribution in [1.29, 1.82) is 0 Å². The second-order valence-corrected chi connectivity index (χ2v) is 7.74. The molecule has 0 aliphatic rings. The molecule has 0 fully saturated rings. The maximum absolute atomic E-state index is 12.3. The molecule has 0 atom stereocenters. The van der Waals surface area contributed by atoms with Crippen molar-refractivity contribution >= 4 is 22.9 Å². The average Bonchev–Trinajstić information content (AvgIpc) is 2.83. The molecular weight excluding hydrogens is 457 g/mol. The lowest BCUT2D eigenvalue weighted by Crippen LogP contribution is -2.17. The van der Waals surface area contributed by atoms with Crippen LogP contribution in [0.2, 0.25) is 0 Å². The van der Waals surface area contributed by atoms with Gasteiger partial charge < -0.3 is 9.47 Å². The number of carbonyl (C=O) groups excluding carboxylic acids is 1. The van der Waals surface area contributed by atoms with E-state index in [9.17, 15) is 18.0 Å². The molecule has 4 aromatic rings. The highest BCUT2D eigenvalue weighted by Gasteiger charge is 2.30. The predicted molar refractivity (Wildman–Crippen MR) is 128 cm³/mol. The second kappa shape index (κ2) is 10.3. The number of carbonyl (C=O) groups is 1. The van der Waals surface area contributed by atoms with Crippen molar-refractivity contribution in [2.75, 3.05) is 0 Å². The number of aryl methyl sites for hydroxylation is 1. The van der Waals surface area contributed by atoms with Crippen LogP contribution in [0.1, 0.15) is 27.0 Å². The van der Waals surface area contributed by atoms with Crippen LogP contribution < -0.4 is 14.9 Å². The standard InChI is InChI=1S/C27H21F3N2O3/c1-18-6-10-20(11-7-18)26(33)32-31-16-21-12-15-25(24-5-3-2-4-23(21)24)34-17-19-8-13-22(14-9-19)35-27(28,29)30/h2-16H,17H2,1H3,(H,32,33)/b31-16-. The van der Waals surface area contributed by atoms with Crippen LogP contribution in [0, 0.1) is 6.92 Å². The zero-order valence-electron chi connectivity index (χ0n) is 18.7. The third-order valence-corrected chi connectivity index (χ3v) is 5.15. The van der Waals surface area contributed by atoms with Crippen LogP contribution >= 0.6 is 0 Å². The summed E-state index contributed by atoms with van der Waals surface area (Å²) in [7, 11) is 0. The topological polar surface area (TPSA) is 59.9 Å². The molecule has 0 aliphatic heterocycles. The number of hydrazone groups is 1. The molecule has 1 amide bonds. The van der Waals surface area contributed by atoms with Crippen LogP contribution in [0.5, 0.6) is 11.5 Å².